The Morgan fingerprint density at radius 1 is 1.35 bits per heavy atom. The first-order chi connectivity index (χ1) is 8.19. The number of pyridine rings is 1. The van der Waals surface area contributed by atoms with E-state index in [-0.39, 0.29) is 6.04 Å². The number of aryl methyl sites for hydroxylation is 1. The van der Waals surface area contributed by atoms with Gasteiger partial charge in [0.25, 0.3) is 0 Å². The maximum Gasteiger partial charge on any atom is 0.0931 e. The minimum absolute atomic E-state index is 0.0209. The van der Waals surface area contributed by atoms with E-state index in [1.165, 1.54) is 16.9 Å². The summed E-state index contributed by atoms with van der Waals surface area (Å²) >= 11 is 7.43. The Hall–Kier alpha value is -0.900. The van der Waals surface area contributed by atoms with Crippen LogP contribution in [0.3, 0.4) is 0 Å². The SMILES string of the molecule is CCc1ccc(CC(N)c2ccc(Cl)s2)nc1. The standard InChI is InChI=1S/C13H15ClN2S/c1-2-9-3-4-10(16-8-9)7-11(15)12-5-6-13(14)17-12/h3-6,8,11H,2,7,15H2,1H3. The Balaban J connectivity index is 2.04. The molecular formula is C13H15ClN2S. The maximum absolute atomic E-state index is 6.12. The molecule has 0 bridgehead atoms. The van der Waals surface area contributed by atoms with Gasteiger partial charge in [0.15, 0.2) is 0 Å². The fourth-order valence-electron chi connectivity index (χ4n) is 1.64. The summed E-state index contributed by atoms with van der Waals surface area (Å²) < 4.78 is 0.782. The van der Waals surface area contributed by atoms with Crippen molar-refractivity contribution in [2.45, 2.75) is 25.8 Å². The summed E-state index contributed by atoms with van der Waals surface area (Å²) in [4.78, 5) is 5.52. The average Bonchev–Trinajstić information content (AvgIpc) is 2.77. The van der Waals surface area contributed by atoms with Gasteiger partial charge in [0.05, 0.1) is 4.34 Å². The summed E-state index contributed by atoms with van der Waals surface area (Å²) in [6.07, 6.45) is 3.68. The highest BCUT2D eigenvalue weighted by Crippen LogP contribution is 2.27. The minimum atomic E-state index is -0.0209. The van der Waals surface area contributed by atoms with Crippen LogP contribution in [0.2, 0.25) is 4.34 Å². The van der Waals surface area contributed by atoms with Crippen molar-refractivity contribution < 1.29 is 0 Å². The van der Waals surface area contributed by atoms with Crippen LogP contribution >= 0.6 is 22.9 Å². The number of thiophene rings is 1. The van der Waals surface area contributed by atoms with E-state index < -0.39 is 0 Å². The van der Waals surface area contributed by atoms with Crippen molar-refractivity contribution in [3.05, 3.63) is 50.9 Å². The Morgan fingerprint density at radius 3 is 2.71 bits per heavy atom. The number of rotatable bonds is 4. The highest BCUT2D eigenvalue weighted by Gasteiger charge is 2.10. The van der Waals surface area contributed by atoms with E-state index in [1.807, 2.05) is 24.4 Å². The zero-order valence-electron chi connectivity index (χ0n) is 9.69. The molecule has 0 radical (unpaired) electrons. The molecule has 90 valence electrons. The first-order valence-corrected chi connectivity index (χ1v) is 6.83. The van der Waals surface area contributed by atoms with Crippen molar-refractivity contribution in [3.8, 4) is 0 Å². The molecule has 0 fully saturated rings. The number of hydrogen-bond acceptors (Lipinski definition) is 3. The van der Waals surface area contributed by atoms with Gasteiger partial charge in [-0.1, -0.05) is 24.6 Å². The Labute approximate surface area is 110 Å². The van der Waals surface area contributed by atoms with Gasteiger partial charge in [0.2, 0.25) is 0 Å². The molecular weight excluding hydrogens is 252 g/mol. The lowest BCUT2D eigenvalue weighted by molar-refractivity contribution is 0.719. The van der Waals surface area contributed by atoms with E-state index in [1.54, 1.807) is 0 Å². The molecule has 2 N–H and O–H groups in total. The van der Waals surface area contributed by atoms with Crippen molar-refractivity contribution >= 4 is 22.9 Å². The van der Waals surface area contributed by atoms with Gasteiger partial charge in [-0.15, -0.1) is 11.3 Å². The summed E-state index contributed by atoms with van der Waals surface area (Å²) in [5, 5.41) is 0. The molecule has 4 heteroatoms. The van der Waals surface area contributed by atoms with Crippen molar-refractivity contribution in [2.75, 3.05) is 0 Å². The van der Waals surface area contributed by atoms with Gasteiger partial charge >= 0.3 is 0 Å². The van der Waals surface area contributed by atoms with E-state index in [4.69, 9.17) is 17.3 Å². The maximum atomic E-state index is 6.12. The molecule has 0 saturated carbocycles. The third kappa shape index (κ3) is 3.28. The third-order valence-corrected chi connectivity index (χ3v) is 4.05. The number of hydrogen-bond donors (Lipinski definition) is 1. The summed E-state index contributed by atoms with van der Waals surface area (Å²) in [5.74, 6) is 0. The molecule has 0 aliphatic carbocycles. The molecule has 2 aromatic heterocycles. The van der Waals surface area contributed by atoms with Crippen LogP contribution in [0, 0.1) is 0 Å². The van der Waals surface area contributed by atoms with Crippen LogP contribution in [0.5, 0.6) is 0 Å². The highest BCUT2D eigenvalue weighted by molar-refractivity contribution is 7.16. The van der Waals surface area contributed by atoms with Gasteiger partial charge < -0.3 is 5.73 Å². The topological polar surface area (TPSA) is 38.9 Å². The third-order valence-electron chi connectivity index (χ3n) is 2.68. The van der Waals surface area contributed by atoms with E-state index in [0.29, 0.717) is 0 Å². The Kier molecular flexibility index (Phi) is 4.15. The Morgan fingerprint density at radius 2 is 2.18 bits per heavy atom. The molecule has 0 spiro atoms. The van der Waals surface area contributed by atoms with Crippen molar-refractivity contribution in [3.63, 3.8) is 0 Å². The van der Waals surface area contributed by atoms with Gasteiger partial charge in [-0.3, -0.25) is 4.98 Å². The highest BCUT2D eigenvalue weighted by atomic mass is 35.5. The number of nitrogens with zero attached hydrogens (tertiary/aromatic N) is 1. The van der Waals surface area contributed by atoms with Crippen LogP contribution in [0.4, 0.5) is 0 Å². The number of halogens is 1. The number of nitrogens with two attached hydrogens (primary N) is 1. The molecule has 2 rings (SSSR count). The normalized spacial score (nSPS) is 12.6. The zero-order chi connectivity index (χ0) is 12.3. The first kappa shape index (κ1) is 12.6. The lowest BCUT2D eigenvalue weighted by Gasteiger charge is -2.09. The van der Waals surface area contributed by atoms with Crippen LogP contribution < -0.4 is 5.73 Å². The van der Waals surface area contributed by atoms with E-state index in [9.17, 15) is 0 Å². The monoisotopic (exact) mass is 266 g/mol. The molecule has 0 amide bonds. The van der Waals surface area contributed by atoms with E-state index in [2.05, 4.69) is 18.0 Å². The molecule has 2 heterocycles. The van der Waals surface area contributed by atoms with Crippen LogP contribution in [-0.2, 0) is 12.8 Å². The predicted molar refractivity (Wildman–Crippen MR) is 73.6 cm³/mol. The lowest BCUT2D eigenvalue weighted by Crippen LogP contribution is -2.12. The van der Waals surface area contributed by atoms with Crippen LogP contribution in [0.15, 0.2) is 30.5 Å². The van der Waals surface area contributed by atoms with Crippen LogP contribution in [-0.4, -0.2) is 4.98 Å². The number of aromatic nitrogens is 1. The molecule has 1 atom stereocenters. The van der Waals surface area contributed by atoms with E-state index >= 15 is 0 Å². The van der Waals surface area contributed by atoms with Crippen LogP contribution in [0.1, 0.15) is 29.1 Å². The molecule has 1 unspecified atom stereocenters. The molecule has 0 aliphatic heterocycles. The lowest BCUT2D eigenvalue weighted by atomic mass is 10.1. The van der Waals surface area contributed by atoms with Gasteiger partial charge in [-0.25, -0.2) is 0 Å². The molecule has 2 aromatic rings. The molecule has 0 aromatic carbocycles. The molecule has 2 nitrogen and oxygen atoms in total. The largest absolute Gasteiger partial charge is 0.323 e. The molecule has 17 heavy (non-hydrogen) atoms. The first-order valence-electron chi connectivity index (χ1n) is 5.63. The Bertz CT molecular complexity index is 478. The fraction of sp³-hybridized carbons (Fsp3) is 0.308. The second-order valence-electron chi connectivity index (χ2n) is 3.96. The fourth-order valence-corrected chi connectivity index (χ4v) is 2.70. The van der Waals surface area contributed by atoms with Crippen molar-refractivity contribution in [2.24, 2.45) is 5.73 Å². The van der Waals surface area contributed by atoms with Gasteiger partial charge in [-0.05, 0) is 30.2 Å². The summed E-state index contributed by atoms with van der Waals surface area (Å²) in [5.41, 5.74) is 8.40. The summed E-state index contributed by atoms with van der Waals surface area (Å²) in [6.45, 7) is 2.12. The quantitative estimate of drug-likeness (QED) is 0.918. The van der Waals surface area contributed by atoms with Gasteiger partial charge in [0.1, 0.15) is 0 Å². The molecule has 0 aliphatic rings. The van der Waals surface area contributed by atoms with Crippen LogP contribution in [0.25, 0.3) is 0 Å². The average molecular weight is 267 g/mol. The summed E-state index contributed by atoms with van der Waals surface area (Å²) in [6, 6.07) is 8.00. The predicted octanol–water partition coefficient (Wildman–Crippen LogP) is 3.60. The second kappa shape index (κ2) is 5.63. The van der Waals surface area contributed by atoms with Crippen molar-refractivity contribution in [1.29, 1.82) is 0 Å². The van der Waals surface area contributed by atoms with Crippen molar-refractivity contribution in [1.82, 2.24) is 4.98 Å². The summed E-state index contributed by atoms with van der Waals surface area (Å²) in [7, 11) is 0. The molecule has 0 saturated heterocycles. The minimum Gasteiger partial charge on any atom is -0.323 e. The zero-order valence-corrected chi connectivity index (χ0v) is 11.3. The van der Waals surface area contributed by atoms with E-state index in [0.717, 1.165) is 27.7 Å². The van der Waals surface area contributed by atoms with Gasteiger partial charge in [-0.2, -0.15) is 0 Å². The van der Waals surface area contributed by atoms with Gasteiger partial charge in [0, 0.05) is 29.2 Å². The second-order valence-corrected chi connectivity index (χ2v) is 5.71. The smallest absolute Gasteiger partial charge is 0.0931 e.